The van der Waals surface area contributed by atoms with Crippen LogP contribution in [0.2, 0.25) is 0 Å². The predicted octanol–water partition coefficient (Wildman–Crippen LogP) is 0.928. The minimum absolute atomic E-state index is 0.213. The molecule has 0 atom stereocenters. The van der Waals surface area contributed by atoms with Crippen LogP contribution in [0, 0.1) is 5.41 Å². The normalized spacial score (nSPS) is 18.8. The second-order valence-electron chi connectivity index (χ2n) is 3.26. The Labute approximate surface area is 74.7 Å². The highest BCUT2D eigenvalue weighted by atomic mass is 14.9. The lowest BCUT2D eigenvalue weighted by Crippen LogP contribution is -2.37. The zero-order valence-corrected chi connectivity index (χ0v) is 7.93. The number of allylic oxidation sites excluding steroid dienone is 2. The van der Waals surface area contributed by atoms with Gasteiger partial charge in [0.15, 0.2) is 0 Å². The predicted molar refractivity (Wildman–Crippen MR) is 53.2 cm³/mol. The van der Waals surface area contributed by atoms with Crippen molar-refractivity contribution in [3.05, 3.63) is 24.3 Å². The first kappa shape index (κ1) is 9.49. The molecule has 0 heterocycles. The van der Waals surface area contributed by atoms with Crippen molar-refractivity contribution in [3.63, 3.8) is 0 Å². The van der Waals surface area contributed by atoms with Crippen LogP contribution < -0.4 is 10.6 Å². The lowest BCUT2D eigenvalue weighted by molar-refractivity contribution is 0.437. The van der Waals surface area contributed by atoms with Crippen molar-refractivity contribution < 1.29 is 0 Å². The molecule has 0 aromatic rings. The molecule has 0 aromatic heterocycles. The summed E-state index contributed by atoms with van der Waals surface area (Å²) in [6, 6.07) is 0. The lowest BCUT2D eigenvalue weighted by Gasteiger charge is -2.25. The van der Waals surface area contributed by atoms with Crippen molar-refractivity contribution in [1.29, 1.82) is 0 Å². The van der Waals surface area contributed by atoms with Crippen molar-refractivity contribution in [3.8, 4) is 0 Å². The first-order valence-electron chi connectivity index (χ1n) is 4.55. The van der Waals surface area contributed by atoms with Crippen LogP contribution in [0.25, 0.3) is 0 Å². The Morgan fingerprint density at radius 3 is 2.33 bits per heavy atom. The van der Waals surface area contributed by atoms with Gasteiger partial charge in [-0.05, 0) is 13.6 Å². The van der Waals surface area contributed by atoms with Crippen LogP contribution in [-0.4, -0.2) is 26.7 Å². The molecule has 0 bridgehead atoms. The average Bonchev–Trinajstić information content (AvgIpc) is 2.51. The topological polar surface area (TPSA) is 24.1 Å². The van der Waals surface area contributed by atoms with Gasteiger partial charge in [-0.1, -0.05) is 31.2 Å². The van der Waals surface area contributed by atoms with Gasteiger partial charge in [0.1, 0.15) is 0 Å². The molecule has 1 aliphatic carbocycles. The number of rotatable bonds is 5. The fourth-order valence-corrected chi connectivity index (χ4v) is 1.53. The summed E-state index contributed by atoms with van der Waals surface area (Å²) in [4.78, 5) is 0. The number of nitrogens with one attached hydrogen (secondary N) is 2. The van der Waals surface area contributed by atoms with E-state index in [2.05, 4.69) is 41.9 Å². The number of hydrogen-bond acceptors (Lipinski definition) is 2. The second kappa shape index (κ2) is 4.43. The van der Waals surface area contributed by atoms with Gasteiger partial charge in [0, 0.05) is 18.5 Å². The van der Waals surface area contributed by atoms with Crippen molar-refractivity contribution in [2.24, 2.45) is 5.41 Å². The van der Waals surface area contributed by atoms with E-state index in [1.54, 1.807) is 0 Å². The van der Waals surface area contributed by atoms with E-state index in [1.807, 2.05) is 7.05 Å². The monoisotopic (exact) mass is 166 g/mol. The Morgan fingerprint density at radius 1 is 1.17 bits per heavy atom. The Kier molecular flexibility index (Phi) is 3.50. The van der Waals surface area contributed by atoms with Gasteiger partial charge in [-0.25, -0.2) is 0 Å². The first-order chi connectivity index (χ1) is 5.83. The molecule has 0 aliphatic heterocycles. The zero-order chi connectivity index (χ0) is 8.86. The van der Waals surface area contributed by atoms with Gasteiger partial charge in [0.05, 0.1) is 0 Å². The van der Waals surface area contributed by atoms with E-state index in [9.17, 15) is 0 Å². The number of hydrogen-bond donors (Lipinski definition) is 2. The van der Waals surface area contributed by atoms with E-state index in [1.165, 1.54) is 0 Å². The molecule has 68 valence electrons. The van der Waals surface area contributed by atoms with Crippen molar-refractivity contribution in [1.82, 2.24) is 10.6 Å². The van der Waals surface area contributed by atoms with Gasteiger partial charge in [-0.15, -0.1) is 0 Å². The highest BCUT2D eigenvalue weighted by molar-refractivity contribution is 5.26. The molecule has 0 amide bonds. The SMILES string of the molecule is CCNCC1(CNC)C=CC=C1. The van der Waals surface area contributed by atoms with E-state index in [0.29, 0.717) is 0 Å². The van der Waals surface area contributed by atoms with E-state index in [4.69, 9.17) is 0 Å². The summed E-state index contributed by atoms with van der Waals surface area (Å²) in [6.45, 7) is 5.20. The highest BCUT2D eigenvalue weighted by Crippen LogP contribution is 2.23. The van der Waals surface area contributed by atoms with Gasteiger partial charge in [0.25, 0.3) is 0 Å². The van der Waals surface area contributed by atoms with Crippen LogP contribution in [0.1, 0.15) is 6.92 Å². The van der Waals surface area contributed by atoms with E-state index in [0.717, 1.165) is 19.6 Å². The summed E-state index contributed by atoms with van der Waals surface area (Å²) >= 11 is 0. The minimum atomic E-state index is 0.213. The quantitative estimate of drug-likeness (QED) is 0.635. The molecule has 0 radical (unpaired) electrons. The molecule has 0 saturated heterocycles. The first-order valence-corrected chi connectivity index (χ1v) is 4.55. The second-order valence-corrected chi connectivity index (χ2v) is 3.26. The Bertz CT molecular complexity index is 170. The van der Waals surface area contributed by atoms with Crippen LogP contribution in [0.3, 0.4) is 0 Å². The Balaban J connectivity index is 2.48. The standard InChI is InChI=1S/C10H18N2/c1-3-12-9-10(8-11-2)6-4-5-7-10/h4-7,11-12H,3,8-9H2,1-2H3. The molecule has 2 nitrogen and oxygen atoms in total. The molecule has 1 aliphatic rings. The molecule has 0 saturated carbocycles. The molecule has 1 rings (SSSR count). The minimum Gasteiger partial charge on any atom is -0.319 e. The van der Waals surface area contributed by atoms with E-state index in [-0.39, 0.29) is 5.41 Å². The average molecular weight is 166 g/mol. The Morgan fingerprint density at radius 2 is 1.83 bits per heavy atom. The van der Waals surface area contributed by atoms with Gasteiger partial charge in [-0.3, -0.25) is 0 Å². The molecule has 12 heavy (non-hydrogen) atoms. The summed E-state index contributed by atoms with van der Waals surface area (Å²) in [7, 11) is 1.99. The molecule has 0 spiro atoms. The summed E-state index contributed by atoms with van der Waals surface area (Å²) in [6.07, 6.45) is 8.75. The van der Waals surface area contributed by atoms with Crippen molar-refractivity contribution >= 4 is 0 Å². The third kappa shape index (κ3) is 2.19. The molecule has 2 N–H and O–H groups in total. The fraction of sp³-hybridized carbons (Fsp3) is 0.600. The lowest BCUT2D eigenvalue weighted by atomic mass is 9.90. The maximum atomic E-state index is 3.37. The smallest absolute Gasteiger partial charge is 0.0317 e. The summed E-state index contributed by atoms with van der Waals surface area (Å²) < 4.78 is 0. The maximum absolute atomic E-state index is 3.37. The molecule has 2 heteroatoms. The van der Waals surface area contributed by atoms with Crippen LogP contribution in [0.4, 0.5) is 0 Å². The Hall–Kier alpha value is -0.600. The third-order valence-electron chi connectivity index (χ3n) is 2.18. The largest absolute Gasteiger partial charge is 0.319 e. The molecule has 0 fully saturated rings. The van der Waals surface area contributed by atoms with E-state index >= 15 is 0 Å². The van der Waals surface area contributed by atoms with Crippen LogP contribution >= 0.6 is 0 Å². The summed E-state index contributed by atoms with van der Waals surface area (Å²) in [5.74, 6) is 0. The summed E-state index contributed by atoms with van der Waals surface area (Å²) in [5.41, 5.74) is 0.213. The van der Waals surface area contributed by atoms with Gasteiger partial charge < -0.3 is 10.6 Å². The molecular weight excluding hydrogens is 148 g/mol. The molecular formula is C10H18N2. The highest BCUT2D eigenvalue weighted by Gasteiger charge is 2.24. The maximum Gasteiger partial charge on any atom is 0.0317 e. The van der Waals surface area contributed by atoms with Crippen LogP contribution in [0.15, 0.2) is 24.3 Å². The van der Waals surface area contributed by atoms with Gasteiger partial charge in [0.2, 0.25) is 0 Å². The van der Waals surface area contributed by atoms with E-state index < -0.39 is 0 Å². The fourth-order valence-electron chi connectivity index (χ4n) is 1.53. The van der Waals surface area contributed by atoms with Crippen molar-refractivity contribution in [2.45, 2.75) is 6.92 Å². The van der Waals surface area contributed by atoms with Gasteiger partial charge >= 0.3 is 0 Å². The van der Waals surface area contributed by atoms with Crippen LogP contribution in [0.5, 0.6) is 0 Å². The van der Waals surface area contributed by atoms with Crippen molar-refractivity contribution in [2.75, 3.05) is 26.7 Å². The van der Waals surface area contributed by atoms with Gasteiger partial charge in [-0.2, -0.15) is 0 Å². The zero-order valence-electron chi connectivity index (χ0n) is 7.93. The molecule has 0 unspecified atom stereocenters. The third-order valence-corrected chi connectivity index (χ3v) is 2.18. The van der Waals surface area contributed by atoms with Crippen LogP contribution in [-0.2, 0) is 0 Å². The molecule has 0 aromatic carbocycles. The summed E-state index contributed by atoms with van der Waals surface area (Å²) in [5, 5.41) is 6.59.